The first-order chi connectivity index (χ1) is 18.3. The number of piperidine rings is 1. The summed E-state index contributed by atoms with van der Waals surface area (Å²) in [5.41, 5.74) is 0.647. The van der Waals surface area contributed by atoms with Gasteiger partial charge in [-0.25, -0.2) is 8.42 Å². The van der Waals surface area contributed by atoms with Crippen LogP contribution in [0.4, 0.5) is 5.69 Å². The molecule has 4 rings (SSSR count). The summed E-state index contributed by atoms with van der Waals surface area (Å²) >= 11 is 12.1. The summed E-state index contributed by atoms with van der Waals surface area (Å²) in [6.07, 6.45) is 5.66. The van der Waals surface area contributed by atoms with Gasteiger partial charge in [0.05, 0.1) is 15.6 Å². The van der Waals surface area contributed by atoms with Gasteiger partial charge in [-0.15, -0.1) is 0 Å². The van der Waals surface area contributed by atoms with Gasteiger partial charge in [0.15, 0.2) is 5.75 Å². The van der Waals surface area contributed by atoms with E-state index >= 15 is 0 Å². The second-order valence-electron chi connectivity index (χ2n) is 9.25. The second kappa shape index (κ2) is 13.3. The van der Waals surface area contributed by atoms with Gasteiger partial charge in [0, 0.05) is 17.1 Å². The first-order valence-corrected chi connectivity index (χ1v) is 14.9. The third kappa shape index (κ3) is 7.86. The summed E-state index contributed by atoms with van der Waals surface area (Å²) in [6, 6.07) is 17.2. The second-order valence-corrected chi connectivity index (χ2v) is 11.8. The van der Waals surface area contributed by atoms with E-state index in [1.165, 1.54) is 43.5 Å². The largest absolute Gasteiger partial charge is 0.454 e. The number of amides is 1. The fourth-order valence-electron chi connectivity index (χ4n) is 4.34. The highest BCUT2D eigenvalue weighted by molar-refractivity contribution is 7.92. The quantitative estimate of drug-likeness (QED) is 0.227. The van der Waals surface area contributed by atoms with E-state index in [1.54, 1.807) is 42.5 Å². The lowest BCUT2D eigenvalue weighted by atomic mass is 9.92. The Morgan fingerprint density at radius 1 is 0.947 bits per heavy atom. The number of para-hydroxylation sites is 2. The molecule has 1 aliphatic rings. The van der Waals surface area contributed by atoms with Crippen LogP contribution >= 0.6 is 23.2 Å². The van der Waals surface area contributed by atoms with Crippen LogP contribution in [0.15, 0.2) is 71.6 Å². The molecule has 1 saturated heterocycles. The Hall–Kier alpha value is -2.78. The van der Waals surface area contributed by atoms with Crippen LogP contribution in [0, 0.1) is 5.92 Å². The highest BCUT2D eigenvalue weighted by Gasteiger charge is 2.18. The topological polar surface area (TPSA) is 96.5 Å². The van der Waals surface area contributed by atoms with E-state index in [4.69, 9.17) is 27.9 Å². The molecule has 0 saturated carbocycles. The molecule has 0 spiro atoms. The third-order valence-corrected chi connectivity index (χ3v) is 8.37. The predicted molar refractivity (Wildman–Crippen MR) is 152 cm³/mol. The molecular weight excluding hydrogens is 545 g/mol. The molecule has 10 heteroatoms. The number of carbonyl (C=O) groups is 1. The molecule has 202 valence electrons. The van der Waals surface area contributed by atoms with Gasteiger partial charge in [-0.05, 0) is 92.9 Å². The Morgan fingerprint density at radius 2 is 1.68 bits per heavy atom. The van der Waals surface area contributed by atoms with E-state index in [2.05, 4.69) is 15.4 Å². The molecule has 0 unspecified atom stereocenters. The van der Waals surface area contributed by atoms with E-state index in [-0.39, 0.29) is 22.2 Å². The maximum Gasteiger partial charge on any atom is 0.262 e. The van der Waals surface area contributed by atoms with Gasteiger partial charge in [0.2, 0.25) is 0 Å². The molecule has 0 aromatic heterocycles. The zero-order valence-corrected chi connectivity index (χ0v) is 23.2. The number of nitrogens with one attached hydrogen (secondary N) is 3. The predicted octanol–water partition coefficient (Wildman–Crippen LogP) is 6.49. The van der Waals surface area contributed by atoms with Gasteiger partial charge in [-0.1, -0.05) is 48.2 Å². The number of ether oxygens (including phenoxy) is 1. The van der Waals surface area contributed by atoms with Crippen LogP contribution in [0.1, 0.15) is 42.5 Å². The molecule has 0 radical (unpaired) electrons. The summed E-state index contributed by atoms with van der Waals surface area (Å²) in [5.74, 6) is 1.17. The van der Waals surface area contributed by atoms with Gasteiger partial charge < -0.3 is 15.4 Å². The summed E-state index contributed by atoms with van der Waals surface area (Å²) in [5, 5.41) is 7.05. The van der Waals surface area contributed by atoms with Crippen LogP contribution < -0.4 is 20.1 Å². The number of halogens is 2. The van der Waals surface area contributed by atoms with Crippen molar-refractivity contribution in [2.75, 3.05) is 24.4 Å². The minimum atomic E-state index is -3.94. The number of benzene rings is 3. The van der Waals surface area contributed by atoms with E-state index in [0.29, 0.717) is 27.9 Å². The molecule has 1 aliphatic heterocycles. The Morgan fingerprint density at radius 3 is 2.42 bits per heavy atom. The molecule has 3 N–H and O–H groups in total. The molecule has 1 heterocycles. The number of carbonyl (C=O) groups excluding carboxylic acids is 1. The fraction of sp³-hybridized carbons (Fsp3) is 0.321. The van der Waals surface area contributed by atoms with Crippen molar-refractivity contribution in [2.45, 2.75) is 37.0 Å². The van der Waals surface area contributed by atoms with Crippen molar-refractivity contribution in [1.29, 1.82) is 0 Å². The Balaban J connectivity index is 1.33. The van der Waals surface area contributed by atoms with Crippen LogP contribution in [-0.2, 0) is 10.0 Å². The van der Waals surface area contributed by atoms with E-state index in [0.717, 1.165) is 31.8 Å². The lowest BCUT2D eigenvalue weighted by molar-refractivity contribution is 0.0952. The summed E-state index contributed by atoms with van der Waals surface area (Å²) in [4.78, 5) is 12.5. The first kappa shape index (κ1) is 28.2. The fourth-order valence-corrected chi connectivity index (χ4v) is 5.86. The van der Waals surface area contributed by atoms with Gasteiger partial charge >= 0.3 is 0 Å². The molecule has 1 amide bonds. The molecule has 1 fully saturated rings. The summed E-state index contributed by atoms with van der Waals surface area (Å²) in [6.45, 7) is 2.79. The molecule has 7 nitrogen and oxygen atoms in total. The van der Waals surface area contributed by atoms with Crippen LogP contribution in [0.3, 0.4) is 0 Å². The Kier molecular flexibility index (Phi) is 9.91. The summed E-state index contributed by atoms with van der Waals surface area (Å²) in [7, 11) is -3.94. The van der Waals surface area contributed by atoms with Crippen molar-refractivity contribution < 1.29 is 17.9 Å². The Bertz CT molecular complexity index is 1340. The molecular formula is C28H31Cl2N3O4S. The van der Waals surface area contributed by atoms with Gasteiger partial charge in [0.1, 0.15) is 5.75 Å². The van der Waals surface area contributed by atoms with E-state index < -0.39 is 10.0 Å². The standard InChI is InChI=1S/C28H31Cl2N3O4S/c29-22-10-13-26(24(30)19-22)37-27-7-2-1-6-25(27)33-38(35,36)23-11-8-21(9-12-23)28(34)32-16-4-3-5-20-14-17-31-18-15-20/h1-2,6-13,19-20,31,33H,3-5,14-18H2,(H,32,34). The van der Waals surface area contributed by atoms with E-state index in [1.807, 2.05) is 0 Å². The molecule has 0 atom stereocenters. The van der Waals surface area contributed by atoms with Crippen molar-refractivity contribution in [3.8, 4) is 11.5 Å². The molecule has 0 bridgehead atoms. The number of anilines is 1. The van der Waals surface area contributed by atoms with Crippen molar-refractivity contribution in [3.05, 3.63) is 82.3 Å². The lowest BCUT2D eigenvalue weighted by Gasteiger charge is -2.22. The monoisotopic (exact) mass is 575 g/mol. The van der Waals surface area contributed by atoms with Crippen molar-refractivity contribution in [2.24, 2.45) is 5.92 Å². The smallest absolute Gasteiger partial charge is 0.262 e. The van der Waals surface area contributed by atoms with Crippen LogP contribution in [0.2, 0.25) is 10.0 Å². The van der Waals surface area contributed by atoms with Gasteiger partial charge in [-0.3, -0.25) is 9.52 Å². The average Bonchev–Trinajstić information content (AvgIpc) is 2.91. The zero-order valence-electron chi connectivity index (χ0n) is 20.9. The van der Waals surface area contributed by atoms with Crippen LogP contribution in [0.25, 0.3) is 0 Å². The number of hydrogen-bond acceptors (Lipinski definition) is 5. The number of sulfonamides is 1. The number of unbranched alkanes of at least 4 members (excludes halogenated alkanes) is 1. The zero-order chi connectivity index (χ0) is 27.0. The van der Waals surface area contributed by atoms with Crippen LogP contribution in [0.5, 0.6) is 11.5 Å². The lowest BCUT2D eigenvalue weighted by Crippen LogP contribution is -2.28. The maximum absolute atomic E-state index is 13.1. The molecule has 3 aromatic carbocycles. The maximum atomic E-state index is 13.1. The SMILES string of the molecule is O=C(NCCCCC1CCNCC1)c1ccc(S(=O)(=O)Nc2ccccc2Oc2ccc(Cl)cc2Cl)cc1. The third-order valence-electron chi connectivity index (χ3n) is 6.46. The normalized spacial score (nSPS) is 14.2. The highest BCUT2D eigenvalue weighted by Crippen LogP contribution is 2.35. The van der Waals surface area contributed by atoms with Crippen molar-refractivity contribution in [3.63, 3.8) is 0 Å². The van der Waals surface area contributed by atoms with Crippen molar-refractivity contribution >= 4 is 44.8 Å². The minimum absolute atomic E-state index is 0.0235. The van der Waals surface area contributed by atoms with E-state index in [9.17, 15) is 13.2 Å². The van der Waals surface area contributed by atoms with Gasteiger partial charge in [0.25, 0.3) is 15.9 Å². The first-order valence-electron chi connectivity index (χ1n) is 12.7. The average molecular weight is 577 g/mol. The van der Waals surface area contributed by atoms with Crippen LogP contribution in [-0.4, -0.2) is 34.0 Å². The number of hydrogen-bond donors (Lipinski definition) is 3. The Labute approximate surface area is 233 Å². The molecule has 3 aromatic rings. The highest BCUT2D eigenvalue weighted by atomic mass is 35.5. The summed E-state index contributed by atoms with van der Waals surface area (Å²) < 4.78 is 34.5. The van der Waals surface area contributed by atoms with Gasteiger partial charge in [-0.2, -0.15) is 0 Å². The minimum Gasteiger partial charge on any atom is -0.454 e. The molecule has 0 aliphatic carbocycles. The number of rotatable bonds is 11. The van der Waals surface area contributed by atoms with Crippen molar-refractivity contribution in [1.82, 2.24) is 10.6 Å². The molecule has 38 heavy (non-hydrogen) atoms.